The first-order chi connectivity index (χ1) is 12.3. The Bertz CT molecular complexity index is 968. The highest BCUT2D eigenvalue weighted by Gasteiger charge is 2.10. The van der Waals surface area contributed by atoms with Gasteiger partial charge in [0, 0.05) is 60.4 Å². The molecule has 126 valence electrons. The van der Waals surface area contributed by atoms with Crippen LogP contribution in [-0.2, 0) is 20.0 Å². The molecule has 5 nitrogen and oxygen atoms in total. The maximum atomic E-state index is 4.58. The van der Waals surface area contributed by atoms with Gasteiger partial charge in [-0.2, -0.15) is 5.10 Å². The number of para-hydroxylation sites is 1. The molecule has 0 aliphatic carbocycles. The molecular formula is C20H21N5. The quantitative estimate of drug-likeness (QED) is 0.533. The van der Waals surface area contributed by atoms with Crippen molar-refractivity contribution in [3.63, 3.8) is 0 Å². The van der Waals surface area contributed by atoms with Crippen LogP contribution in [0.3, 0.4) is 0 Å². The summed E-state index contributed by atoms with van der Waals surface area (Å²) in [6.07, 6.45) is 8.81. The highest BCUT2D eigenvalue weighted by atomic mass is 15.3. The molecule has 4 aromatic rings. The number of rotatable bonds is 6. The molecule has 0 bridgehead atoms. The third-order valence-electron chi connectivity index (χ3n) is 4.40. The summed E-state index contributed by atoms with van der Waals surface area (Å²) in [5.74, 6) is 0. The van der Waals surface area contributed by atoms with Gasteiger partial charge in [0.2, 0.25) is 0 Å². The lowest BCUT2D eigenvalue weighted by atomic mass is 10.1. The number of H-pyrrole nitrogens is 1. The highest BCUT2D eigenvalue weighted by molar-refractivity contribution is 5.83. The molecule has 0 aliphatic heterocycles. The van der Waals surface area contributed by atoms with Crippen molar-refractivity contribution < 1.29 is 0 Å². The second-order valence-corrected chi connectivity index (χ2v) is 6.20. The van der Waals surface area contributed by atoms with Crippen LogP contribution in [0.25, 0.3) is 22.2 Å². The van der Waals surface area contributed by atoms with E-state index < -0.39 is 0 Å². The van der Waals surface area contributed by atoms with E-state index in [-0.39, 0.29) is 0 Å². The van der Waals surface area contributed by atoms with Crippen LogP contribution in [0.2, 0.25) is 0 Å². The molecule has 1 aromatic carbocycles. The van der Waals surface area contributed by atoms with Crippen molar-refractivity contribution in [2.75, 3.05) is 6.54 Å². The summed E-state index contributed by atoms with van der Waals surface area (Å²) in [7, 11) is 1.95. The maximum absolute atomic E-state index is 4.58. The molecule has 3 aromatic heterocycles. The largest absolute Gasteiger partial charge is 0.361 e. The molecule has 4 rings (SSSR count). The van der Waals surface area contributed by atoms with Crippen molar-refractivity contribution in [1.82, 2.24) is 25.1 Å². The lowest BCUT2D eigenvalue weighted by molar-refractivity contribution is 0.687. The van der Waals surface area contributed by atoms with Gasteiger partial charge in [0.25, 0.3) is 0 Å². The lowest BCUT2D eigenvalue weighted by Gasteiger charge is -2.05. The van der Waals surface area contributed by atoms with Gasteiger partial charge < -0.3 is 10.3 Å². The van der Waals surface area contributed by atoms with Crippen molar-refractivity contribution in [3.8, 4) is 11.3 Å². The van der Waals surface area contributed by atoms with Crippen LogP contribution < -0.4 is 5.32 Å². The minimum atomic E-state index is 0.792. The Morgan fingerprint density at radius 3 is 2.92 bits per heavy atom. The summed E-state index contributed by atoms with van der Waals surface area (Å²) in [6, 6.07) is 12.4. The first-order valence-corrected chi connectivity index (χ1v) is 8.50. The molecule has 0 radical (unpaired) electrons. The molecule has 0 aliphatic rings. The van der Waals surface area contributed by atoms with Crippen LogP contribution in [-0.4, -0.2) is 26.3 Å². The number of nitrogens with one attached hydrogen (secondary N) is 2. The number of aromatic amines is 1. The summed E-state index contributed by atoms with van der Waals surface area (Å²) in [4.78, 5) is 7.53. The Morgan fingerprint density at radius 1 is 1.12 bits per heavy atom. The lowest BCUT2D eigenvalue weighted by Crippen LogP contribution is -2.16. The fourth-order valence-corrected chi connectivity index (χ4v) is 3.20. The van der Waals surface area contributed by atoms with Crippen LogP contribution in [0.15, 0.2) is 61.2 Å². The molecule has 0 saturated heterocycles. The number of aryl methyl sites for hydroxylation is 1. The second kappa shape index (κ2) is 6.91. The van der Waals surface area contributed by atoms with Gasteiger partial charge in [-0.05, 0) is 36.7 Å². The molecule has 2 N–H and O–H groups in total. The summed E-state index contributed by atoms with van der Waals surface area (Å²) in [5, 5.41) is 9.43. The van der Waals surface area contributed by atoms with E-state index in [1.165, 1.54) is 22.0 Å². The molecule has 0 fully saturated rings. The molecule has 0 unspecified atom stereocenters. The first-order valence-electron chi connectivity index (χ1n) is 8.50. The molecule has 25 heavy (non-hydrogen) atoms. The van der Waals surface area contributed by atoms with E-state index in [0.29, 0.717) is 0 Å². The average Bonchev–Trinajstić information content (AvgIpc) is 3.23. The van der Waals surface area contributed by atoms with Gasteiger partial charge in [0.05, 0.1) is 5.69 Å². The standard InChI is InChI=1S/C20H21N5/c1-25-14-17(20(24-25)16-5-4-9-21-11-16)12-22-10-8-15-13-23-19-7-3-2-6-18(15)19/h2-7,9,11,13-14,22-23H,8,10,12H2,1H3. The molecule has 0 spiro atoms. The van der Waals surface area contributed by atoms with Crippen LogP contribution in [0.1, 0.15) is 11.1 Å². The molecular weight excluding hydrogens is 310 g/mol. The Hall–Kier alpha value is -2.92. The Morgan fingerprint density at radius 2 is 2.04 bits per heavy atom. The van der Waals surface area contributed by atoms with Crippen LogP contribution >= 0.6 is 0 Å². The molecule has 3 heterocycles. The van der Waals surface area contributed by atoms with E-state index in [2.05, 4.69) is 57.0 Å². The average molecular weight is 331 g/mol. The van der Waals surface area contributed by atoms with Crippen LogP contribution in [0, 0.1) is 0 Å². The summed E-state index contributed by atoms with van der Waals surface area (Å²) >= 11 is 0. The minimum absolute atomic E-state index is 0.792. The van der Waals surface area contributed by atoms with E-state index >= 15 is 0 Å². The Balaban J connectivity index is 1.41. The van der Waals surface area contributed by atoms with E-state index in [4.69, 9.17) is 0 Å². The number of pyridine rings is 1. The molecule has 0 amide bonds. The van der Waals surface area contributed by atoms with Crippen molar-refractivity contribution in [2.24, 2.45) is 7.05 Å². The van der Waals surface area contributed by atoms with Crippen LogP contribution in [0.5, 0.6) is 0 Å². The van der Waals surface area contributed by atoms with Gasteiger partial charge in [-0.25, -0.2) is 0 Å². The monoisotopic (exact) mass is 331 g/mol. The number of fused-ring (bicyclic) bond motifs is 1. The number of aromatic nitrogens is 4. The first kappa shape index (κ1) is 15.6. The Labute approximate surface area is 146 Å². The third-order valence-corrected chi connectivity index (χ3v) is 4.40. The predicted molar refractivity (Wildman–Crippen MR) is 100 cm³/mol. The summed E-state index contributed by atoms with van der Waals surface area (Å²) in [6.45, 7) is 1.71. The van der Waals surface area contributed by atoms with E-state index in [1.54, 1.807) is 6.20 Å². The minimum Gasteiger partial charge on any atom is -0.361 e. The molecule has 0 atom stereocenters. The fourth-order valence-electron chi connectivity index (χ4n) is 3.20. The van der Waals surface area contributed by atoms with Gasteiger partial charge in [0.1, 0.15) is 0 Å². The zero-order chi connectivity index (χ0) is 17.1. The second-order valence-electron chi connectivity index (χ2n) is 6.20. The predicted octanol–water partition coefficient (Wildman–Crippen LogP) is 3.30. The van der Waals surface area contributed by atoms with Gasteiger partial charge in [0.15, 0.2) is 0 Å². The van der Waals surface area contributed by atoms with E-state index in [0.717, 1.165) is 30.8 Å². The van der Waals surface area contributed by atoms with E-state index in [9.17, 15) is 0 Å². The summed E-state index contributed by atoms with van der Waals surface area (Å²) in [5.41, 5.74) is 5.78. The van der Waals surface area contributed by atoms with Crippen molar-refractivity contribution in [2.45, 2.75) is 13.0 Å². The third kappa shape index (κ3) is 3.32. The molecule has 0 saturated carbocycles. The zero-order valence-electron chi connectivity index (χ0n) is 14.2. The van der Waals surface area contributed by atoms with Gasteiger partial charge >= 0.3 is 0 Å². The summed E-state index contributed by atoms with van der Waals surface area (Å²) < 4.78 is 1.86. The number of nitrogens with zero attached hydrogens (tertiary/aromatic N) is 3. The van der Waals surface area contributed by atoms with Crippen molar-refractivity contribution in [1.29, 1.82) is 0 Å². The highest BCUT2D eigenvalue weighted by Crippen LogP contribution is 2.21. The number of benzene rings is 1. The topological polar surface area (TPSA) is 58.5 Å². The zero-order valence-corrected chi connectivity index (χ0v) is 14.2. The smallest absolute Gasteiger partial charge is 0.0983 e. The van der Waals surface area contributed by atoms with Crippen molar-refractivity contribution in [3.05, 3.63) is 72.3 Å². The van der Waals surface area contributed by atoms with Gasteiger partial charge in [-0.3, -0.25) is 9.67 Å². The van der Waals surface area contributed by atoms with Gasteiger partial charge in [-0.15, -0.1) is 0 Å². The fraction of sp³-hybridized carbons (Fsp3) is 0.200. The Kier molecular flexibility index (Phi) is 4.31. The van der Waals surface area contributed by atoms with Crippen LogP contribution in [0.4, 0.5) is 0 Å². The SMILES string of the molecule is Cn1cc(CNCCc2c[nH]c3ccccc23)c(-c2cccnc2)n1. The maximum Gasteiger partial charge on any atom is 0.0983 e. The normalized spacial score (nSPS) is 11.2. The molecule has 5 heteroatoms. The van der Waals surface area contributed by atoms with Crippen molar-refractivity contribution >= 4 is 10.9 Å². The van der Waals surface area contributed by atoms with Gasteiger partial charge in [-0.1, -0.05) is 18.2 Å². The van der Waals surface area contributed by atoms with E-state index in [1.807, 2.05) is 30.1 Å². The number of hydrogen-bond donors (Lipinski definition) is 2. The number of hydrogen-bond acceptors (Lipinski definition) is 3.